The minimum absolute atomic E-state index is 0.0378. The second-order valence-corrected chi connectivity index (χ2v) is 7.68. The van der Waals surface area contributed by atoms with Crippen LogP contribution < -0.4 is 4.90 Å². The van der Waals surface area contributed by atoms with Crippen molar-refractivity contribution in [3.05, 3.63) is 22.9 Å². The zero-order chi connectivity index (χ0) is 18.9. The first-order valence-electron chi connectivity index (χ1n) is 9.52. The number of rotatable bonds is 2. The molecule has 2 aliphatic rings. The number of pyridine rings is 1. The summed E-state index contributed by atoms with van der Waals surface area (Å²) in [6.07, 6.45) is 2.42. The van der Waals surface area contributed by atoms with Crippen LogP contribution in [0.3, 0.4) is 0 Å². The van der Waals surface area contributed by atoms with Crippen molar-refractivity contribution in [2.45, 2.75) is 45.6 Å². The van der Waals surface area contributed by atoms with Gasteiger partial charge in [0.2, 0.25) is 5.91 Å². The van der Waals surface area contributed by atoms with Crippen LogP contribution in [0, 0.1) is 25.2 Å². The van der Waals surface area contributed by atoms with Crippen LogP contribution >= 0.6 is 0 Å². The molecule has 3 rings (SSSR count). The molecule has 1 aromatic heterocycles. The topological polar surface area (TPSA) is 63.5 Å². The van der Waals surface area contributed by atoms with Gasteiger partial charge < -0.3 is 9.80 Å². The quantitative estimate of drug-likeness (QED) is 0.813. The fraction of sp³-hybridized carbons (Fsp3) is 0.650. The summed E-state index contributed by atoms with van der Waals surface area (Å²) in [6, 6.07) is 4.32. The lowest BCUT2D eigenvalue weighted by Crippen LogP contribution is -2.61. The molecular weight excluding hydrogens is 326 g/mol. The van der Waals surface area contributed by atoms with Crippen molar-refractivity contribution in [2.75, 3.05) is 44.7 Å². The molecule has 0 saturated carbocycles. The number of likely N-dealkylation sites (tertiary alicyclic amines) is 1. The van der Waals surface area contributed by atoms with Gasteiger partial charge in [-0.25, -0.2) is 4.98 Å². The number of hydrogen-bond donors (Lipinski definition) is 0. The summed E-state index contributed by atoms with van der Waals surface area (Å²) in [7, 11) is 2.17. The minimum atomic E-state index is -0.0378. The second-order valence-electron chi connectivity index (χ2n) is 7.68. The highest BCUT2D eigenvalue weighted by Gasteiger charge is 2.42. The highest BCUT2D eigenvalue weighted by molar-refractivity contribution is 5.76. The van der Waals surface area contributed by atoms with Gasteiger partial charge in [0.05, 0.1) is 5.56 Å². The number of piperazine rings is 1. The molecule has 1 spiro atoms. The van der Waals surface area contributed by atoms with E-state index in [4.69, 9.17) is 4.98 Å². The average Bonchev–Trinajstić information content (AvgIpc) is 2.77. The Hall–Kier alpha value is -2.13. The Balaban J connectivity index is 1.92. The zero-order valence-corrected chi connectivity index (χ0v) is 16.4. The molecule has 1 atom stereocenters. The van der Waals surface area contributed by atoms with Crippen molar-refractivity contribution < 1.29 is 4.79 Å². The number of carbonyl (C=O) groups is 1. The van der Waals surface area contributed by atoms with Gasteiger partial charge in [-0.1, -0.05) is 0 Å². The van der Waals surface area contributed by atoms with Crippen LogP contribution in [-0.4, -0.2) is 66.0 Å². The van der Waals surface area contributed by atoms with Gasteiger partial charge in [0, 0.05) is 50.4 Å². The third-order valence-electron chi connectivity index (χ3n) is 6.12. The van der Waals surface area contributed by atoms with E-state index in [9.17, 15) is 10.1 Å². The molecule has 0 unspecified atom stereocenters. The van der Waals surface area contributed by atoms with Crippen molar-refractivity contribution in [3.8, 4) is 6.07 Å². The SMILES string of the molecule is CCN1CC[C@]2(CCC1=O)CN(c1nc(C)cc(C)c1C#N)CCN2C. The molecule has 26 heavy (non-hydrogen) atoms. The maximum atomic E-state index is 12.4. The molecule has 0 bridgehead atoms. The Morgan fingerprint density at radius 2 is 2.04 bits per heavy atom. The van der Waals surface area contributed by atoms with Gasteiger partial charge in [0.1, 0.15) is 11.9 Å². The number of aromatic nitrogens is 1. The predicted molar refractivity (Wildman–Crippen MR) is 102 cm³/mol. The maximum Gasteiger partial charge on any atom is 0.222 e. The van der Waals surface area contributed by atoms with E-state index in [0.717, 1.165) is 62.6 Å². The van der Waals surface area contributed by atoms with Gasteiger partial charge in [0.25, 0.3) is 0 Å². The molecule has 6 heteroatoms. The minimum Gasteiger partial charge on any atom is -0.352 e. The molecule has 0 radical (unpaired) electrons. The number of aryl methyl sites for hydroxylation is 2. The van der Waals surface area contributed by atoms with Crippen LogP contribution in [-0.2, 0) is 4.79 Å². The Labute approximate surface area is 156 Å². The zero-order valence-electron chi connectivity index (χ0n) is 16.4. The fourth-order valence-corrected chi connectivity index (χ4v) is 4.39. The molecule has 0 aromatic carbocycles. The van der Waals surface area contributed by atoms with Crippen LogP contribution in [0.15, 0.2) is 6.07 Å². The van der Waals surface area contributed by atoms with E-state index in [1.54, 1.807) is 0 Å². The number of nitriles is 1. The van der Waals surface area contributed by atoms with E-state index < -0.39 is 0 Å². The summed E-state index contributed by atoms with van der Waals surface area (Å²) < 4.78 is 0. The molecule has 6 nitrogen and oxygen atoms in total. The van der Waals surface area contributed by atoms with Crippen molar-refractivity contribution in [1.29, 1.82) is 5.26 Å². The highest BCUT2D eigenvalue weighted by atomic mass is 16.2. The van der Waals surface area contributed by atoms with Crippen molar-refractivity contribution >= 4 is 11.7 Å². The largest absolute Gasteiger partial charge is 0.352 e. The monoisotopic (exact) mass is 355 g/mol. The van der Waals surface area contributed by atoms with Crippen molar-refractivity contribution in [1.82, 2.24) is 14.8 Å². The smallest absolute Gasteiger partial charge is 0.222 e. The lowest BCUT2D eigenvalue weighted by molar-refractivity contribution is -0.130. The summed E-state index contributed by atoms with van der Waals surface area (Å²) in [5, 5.41) is 9.64. The molecule has 2 saturated heterocycles. The normalized spacial score (nSPS) is 24.7. The number of amides is 1. The fourth-order valence-electron chi connectivity index (χ4n) is 4.39. The Morgan fingerprint density at radius 1 is 1.27 bits per heavy atom. The third kappa shape index (κ3) is 3.28. The number of hydrogen-bond acceptors (Lipinski definition) is 5. The van der Waals surface area contributed by atoms with Gasteiger partial charge in [-0.15, -0.1) is 0 Å². The van der Waals surface area contributed by atoms with E-state index in [-0.39, 0.29) is 11.4 Å². The first kappa shape index (κ1) is 18.7. The van der Waals surface area contributed by atoms with Crippen molar-refractivity contribution in [3.63, 3.8) is 0 Å². The number of nitrogens with zero attached hydrogens (tertiary/aromatic N) is 5. The van der Waals surface area contributed by atoms with Crippen LogP contribution in [0.25, 0.3) is 0 Å². The molecule has 140 valence electrons. The summed E-state index contributed by atoms with van der Waals surface area (Å²) in [5.41, 5.74) is 2.56. The second kappa shape index (κ2) is 7.24. The molecule has 1 aromatic rings. The lowest BCUT2D eigenvalue weighted by Gasteiger charge is -2.49. The first-order valence-corrected chi connectivity index (χ1v) is 9.52. The summed E-state index contributed by atoms with van der Waals surface area (Å²) >= 11 is 0. The summed E-state index contributed by atoms with van der Waals surface area (Å²) in [4.78, 5) is 23.7. The molecule has 3 heterocycles. The van der Waals surface area contributed by atoms with Crippen LogP contribution in [0.2, 0.25) is 0 Å². The van der Waals surface area contributed by atoms with E-state index in [1.807, 2.05) is 31.7 Å². The van der Waals surface area contributed by atoms with Gasteiger partial charge in [-0.3, -0.25) is 9.69 Å². The Kier molecular flexibility index (Phi) is 5.19. The van der Waals surface area contributed by atoms with Gasteiger partial charge in [-0.2, -0.15) is 5.26 Å². The Morgan fingerprint density at radius 3 is 2.73 bits per heavy atom. The van der Waals surface area contributed by atoms with Gasteiger partial charge in [0.15, 0.2) is 0 Å². The van der Waals surface area contributed by atoms with Crippen LogP contribution in [0.4, 0.5) is 5.82 Å². The Bertz CT molecular complexity index is 740. The third-order valence-corrected chi connectivity index (χ3v) is 6.12. The molecule has 2 fully saturated rings. The number of likely N-dealkylation sites (N-methyl/N-ethyl adjacent to an activating group) is 1. The number of anilines is 1. The van der Waals surface area contributed by atoms with Gasteiger partial charge >= 0.3 is 0 Å². The molecule has 1 amide bonds. The van der Waals surface area contributed by atoms with E-state index in [2.05, 4.69) is 22.9 Å². The molecule has 2 aliphatic heterocycles. The lowest BCUT2D eigenvalue weighted by atomic mass is 9.86. The standard InChI is InChI=1S/C20H29N5O/c1-5-24-9-8-20(7-6-18(24)26)14-25(11-10-23(20)4)19-17(13-21)15(2)12-16(3)22-19/h12H,5-11,14H2,1-4H3/t20-/m1/s1. The first-order chi connectivity index (χ1) is 12.4. The van der Waals surface area contributed by atoms with E-state index in [1.165, 1.54) is 0 Å². The average molecular weight is 355 g/mol. The highest BCUT2D eigenvalue weighted by Crippen LogP contribution is 2.34. The predicted octanol–water partition coefficient (Wildman–Crippen LogP) is 2.09. The summed E-state index contributed by atoms with van der Waals surface area (Å²) in [6.45, 7) is 10.2. The van der Waals surface area contributed by atoms with Crippen LogP contribution in [0.5, 0.6) is 0 Å². The van der Waals surface area contributed by atoms with Crippen molar-refractivity contribution in [2.24, 2.45) is 0 Å². The van der Waals surface area contributed by atoms with E-state index >= 15 is 0 Å². The maximum absolute atomic E-state index is 12.4. The molecular formula is C20H29N5O. The molecule has 0 N–H and O–H groups in total. The van der Waals surface area contributed by atoms with Gasteiger partial charge in [-0.05, 0) is 52.3 Å². The number of carbonyl (C=O) groups excluding carboxylic acids is 1. The summed E-state index contributed by atoms with van der Waals surface area (Å²) in [5.74, 6) is 1.07. The van der Waals surface area contributed by atoms with Crippen LogP contribution in [0.1, 0.15) is 43.0 Å². The molecule has 0 aliphatic carbocycles. The van der Waals surface area contributed by atoms with E-state index in [0.29, 0.717) is 12.0 Å².